The molecule has 1 aliphatic carbocycles. The zero-order valence-electron chi connectivity index (χ0n) is 16.8. The number of nitrogens with zero attached hydrogens (tertiary/aromatic N) is 2. The van der Waals surface area contributed by atoms with Crippen LogP contribution in [0.15, 0.2) is 33.6 Å². The van der Waals surface area contributed by atoms with Crippen LogP contribution in [0, 0.1) is 12.8 Å². The average molecular weight is 413 g/mol. The average Bonchev–Trinajstić information content (AvgIpc) is 3.35. The molecule has 0 radical (unpaired) electrons. The largest absolute Gasteiger partial charge is 0.456 e. The molecule has 1 aromatic carbocycles. The van der Waals surface area contributed by atoms with E-state index in [2.05, 4.69) is 15.3 Å². The number of aliphatic hydroxyl groups excluding tert-OH is 1. The van der Waals surface area contributed by atoms with Crippen LogP contribution in [0.4, 0.5) is 5.69 Å². The van der Waals surface area contributed by atoms with Gasteiger partial charge < -0.3 is 24.0 Å². The Morgan fingerprint density at radius 1 is 1.37 bits per heavy atom. The second-order valence-corrected chi connectivity index (χ2v) is 7.91. The van der Waals surface area contributed by atoms with Crippen LogP contribution in [-0.4, -0.2) is 39.2 Å². The highest BCUT2D eigenvalue weighted by Crippen LogP contribution is 2.36. The van der Waals surface area contributed by atoms with Gasteiger partial charge in [0, 0.05) is 19.6 Å². The highest BCUT2D eigenvalue weighted by molar-refractivity contribution is 6.08. The van der Waals surface area contributed by atoms with Crippen LogP contribution >= 0.6 is 0 Å². The minimum atomic E-state index is -0.688. The van der Waals surface area contributed by atoms with E-state index < -0.39 is 17.5 Å². The number of amides is 1. The number of aliphatic hydroxyl groups is 1. The molecule has 0 aliphatic heterocycles. The fourth-order valence-electron chi connectivity index (χ4n) is 3.94. The summed E-state index contributed by atoms with van der Waals surface area (Å²) in [5, 5.41) is 12.2. The first kappa shape index (κ1) is 20.1. The number of anilines is 1. The zero-order chi connectivity index (χ0) is 21.3. The Kier molecular flexibility index (Phi) is 5.29. The summed E-state index contributed by atoms with van der Waals surface area (Å²) < 4.78 is 16.2. The van der Waals surface area contributed by atoms with Crippen molar-refractivity contribution in [3.05, 3.63) is 41.9 Å². The summed E-state index contributed by atoms with van der Waals surface area (Å²) >= 11 is 0. The number of carbonyl (C=O) groups excluding carboxylic acids is 2. The van der Waals surface area contributed by atoms with Gasteiger partial charge in [0.15, 0.2) is 23.6 Å². The second-order valence-electron chi connectivity index (χ2n) is 7.91. The maximum absolute atomic E-state index is 13.1. The van der Waals surface area contributed by atoms with Gasteiger partial charge in [-0.2, -0.15) is 0 Å². The molecule has 2 atom stereocenters. The number of esters is 1. The van der Waals surface area contributed by atoms with Crippen molar-refractivity contribution >= 4 is 28.7 Å². The van der Waals surface area contributed by atoms with Crippen LogP contribution in [0.25, 0.3) is 11.1 Å². The Hall–Kier alpha value is -3.20. The molecule has 2 aromatic heterocycles. The first-order chi connectivity index (χ1) is 14.4. The topological polar surface area (TPSA) is 128 Å². The highest BCUT2D eigenvalue weighted by atomic mass is 16.6. The molecule has 1 unspecified atom stereocenters. The molecule has 30 heavy (non-hydrogen) atoms. The van der Waals surface area contributed by atoms with E-state index in [0.29, 0.717) is 29.8 Å². The number of fused-ring (bicyclic) bond motifs is 1. The summed E-state index contributed by atoms with van der Waals surface area (Å²) in [6.07, 6.45) is 5.58. The summed E-state index contributed by atoms with van der Waals surface area (Å²) in [5.41, 5.74) is 0.688. The van der Waals surface area contributed by atoms with E-state index in [9.17, 15) is 14.7 Å². The maximum atomic E-state index is 13.1. The van der Waals surface area contributed by atoms with Gasteiger partial charge in [0.25, 0.3) is 5.91 Å². The van der Waals surface area contributed by atoms with E-state index >= 15 is 0 Å². The first-order valence-electron chi connectivity index (χ1n) is 9.82. The van der Waals surface area contributed by atoms with E-state index in [1.165, 1.54) is 24.8 Å². The molecule has 2 heterocycles. The molecule has 158 valence electrons. The van der Waals surface area contributed by atoms with Gasteiger partial charge in [-0.15, -0.1) is 0 Å². The Balaban J connectivity index is 1.62. The molecular weight excluding hydrogens is 390 g/mol. The van der Waals surface area contributed by atoms with Crippen molar-refractivity contribution in [3.63, 3.8) is 0 Å². The Labute approximate surface area is 172 Å². The van der Waals surface area contributed by atoms with Crippen LogP contribution in [0.3, 0.4) is 0 Å². The first-order valence-corrected chi connectivity index (χ1v) is 9.82. The molecule has 0 bridgehead atoms. The van der Waals surface area contributed by atoms with Gasteiger partial charge in [-0.1, -0.05) is 0 Å². The van der Waals surface area contributed by atoms with Crippen molar-refractivity contribution < 1.29 is 28.3 Å². The SMILES string of the molecule is Cc1nc(C(=O)Nc2cc3ocnc3cc2C(=O)OC2(C)CCC[C@@H](CO)C2)co1. The van der Waals surface area contributed by atoms with Gasteiger partial charge in [0.05, 0.1) is 11.3 Å². The predicted octanol–water partition coefficient (Wildman–Crippen LogP) is 3.47. The quantitative estimate of drug-likeness (QED) is 0.609. The minimum Gasteiger partial charge on any atom is -0.456 e. The fourth-order valence-corrected chi connectivity index (χ4v) is 3.94. The van der Waals surface area contributed by atoms with Crippen molar-refractivity contribution in [1.82, 2.24) is 9.97 Å². The third-order valence-corrected chi connectivity index (χ3v) is 5.43. The highest BCUT2D eigenvalue weighted by Gasteiger charge is 2.36. The van der Waals surface area contributed by atoms with Crippen molar-refractivity contribution in [3.8, 4) is 0 Å². The summed E-state index contributed by atoms with van der Waals surface area (Å²) in [4.78, 5) is 33.7. The number of carbonyl (C=O) groups is 2. The lowest BCUT2D eigenvalue weighted by Crippen LogP contribution is -2.38. The number of benzene rings is 1. The van der Waals surface area contributed by atoms with E-state index in [0.717, 1.165) is 12.8 Å². The Morgan fingerprint density at radius 3 is 2.93 bits per heavy atom. The van der Waals surface area contributed by atoms with Crippen LogP contribution in [0.2, 0.25) is 0 Å². The Bertz CT molecular complexity index is 1090. The van der Waals surface area contributed by atoms with Crippen molar-refractivity contribution in [2.24, 2.45) is 5.92 Å². The van der Waals surface area contributed by atoms with E-state index in [4.69, 9.17) is 13.6 Å². The van der Waals surface area contributed by atoms with Crippen molar-refractivity contribution in [1.29, 1.82) is 0 Å². The van der Waals surface area contributed by atoms with Gasteiger partial charge in [0.2, 0.25) is 0 Å². The molecular formula is C21H23N3O6. The van der Waals surface area contributed by atoms with Crippen molar-refractivity contribution in [2.45, 2.75) is 45.1 Å². The van der Waals surface area contributed by atoms with Crippen LogP contribution in [0.1, 0.15) is 59.3 Å². The van der Waals surface area contributed by atoms with Crippen LogP contribution < -0.4 is 5.32 Å². The number of oxazole rings is 2. The minimum absolute atomic E-state index is 0.0659. The molecule has 1 aliphatic rings. The molecule has 4 rings (SSSR count). The molecule has 3 aromatic rings. The van der Waals surface area contributed by atoms with E-state index in [1.54, 1.807) is 6.92 Å². The molecule has 0 spiro atoms. The lowest BCUT2D eigenvalue weighted by atomic mass is 9.79. The summed E-state index contributed by atoms with van der Waals surface area (Å²) in [7, 11) is 0. The van der Waals surface area contributed by atoms with Gasteiger partial charge >= 0.3 is 5.97 Å². The molecule has 9 heteroatoms. The fraction of sp³-hybridized carbons (Fsp3) is 0.429. The Morgan fingerprint density at radius 2 is 2.20 bits per heavy atom. The van der Waals surface area contributed by atoms with Crippen LogP contribution in [0.5, 0.6) is 0 Å². The number of rotatable bonds is 5. The lowest BCUT2D eigenvalue weighted by Gasteiger charge is -2.37. The molecule has 1 saturated carbocycles. The van der Waals surface area contributed by atoms with Gasteiger partial charge in [0.1, 0.15) is 17.4 Å². The standard InChI is InChI=1S/C21H23N3O6/c1-12-23-17(10-28-12)19(26)24-15-7-18-16(22-11-29-18)6-14(15)20(27)30-21(2)5-3-4-13(8-21)9-25/h6-7,10-11,13,25H,3-5,8-9H2,1-2H3,(H,24,26)/t13-,21?/m1/s1. The number of aryl methyl sites for hydroxylation is 1. The third-order valence-electron chi connectivity index (χ3n) is 5.43. The number of hydrogen-bond donors (Lipinski definition) is 2. The molecule has 0 saturated heterocycles. The smallest absolute Gasteiger partial charge is 0.340 e. The predicted molar refractivity (Wildman–Crippen MR) is 106 cm³/mol. The summed E-state index contributed by atoms with van der Waals surface area (Å²) in [5.74, 6) is -0.644. The van der Waals surface area contributed by atoms with Gasteiger partial charge in [-0.3, -0.25) is 4.79 Å². The molecule has 1 amide bonds. The summed E-state index contributed by atoms with van der Waals surface area (Å²) in [6.45, 7) is 3.57. The molecule has 2 N–H and O–H groups in total. The number of aromatic nitrogens is 2. The zero-order valence-corrected chi connectivity index (χ0v) is 16.8. The number of hydrogen-bond acceptors (Lipinski definition) is 8. The summed E-state index contributed by atoms with van der Waals surface area (Å²) in [6, 6.07) is 3.06. The van der Waals surface area contributed by atoms with Crippen molar-refractivity contribution in [2.75, 3.05) is 11.9 Å². The monoisotopic (exact) mass is 413 g/mol. The number of ether oxygens (including phenoxy) is 1. The van der Waals surface area contributed by atoms with Crippen LogP contribution in [-0.2, 0) is 4.74 Å². The lowest BCUT2D eigenvalue weighted by molar-refractivity contribution is -0.0437. The maximum Gasteiger partial charge on any atom is 0.340 e. The molecule has 1 fully saturated rings. The van der Waals surface area contributed by atoms with Gasteiger partial charge in [-0.25, -0.2) is 14.8 Å². The normalized spacial score (nSPS) is 21.5. The third kappa shape index (κ3) is 4.06. The van der Waals surface area contributed by atoms with E-state index in [1.807, 2.05) is 6.92 Å². The van der Waals surface area contributed by atoms with Gasteiger partial charge in [-0.05, 0) is 44.6 Å². The van der Waals surface area contributed by atoms with E-state index in [-0.39, 0.29) is 29.5 Å². The second kappa shape index (κ2) is 7.91. The molecule has 9 nitrogen and oxygen atoms in total. The number of nitrogens with one attached hydrogen (secondary N) is 1.